The Morgan fingerprint density at radius 2 is 1.85 bits per heavy atom. The van der Waals surface area contributed by atoms with E-state index >= 15 is 0 Å². The second-order valence-electron chi connectivity index (χ2n) is 5.38. The maximum absolute atomic E-state index is 11.2. The third-order valence-corrected chi connectivity index (χ3v) is 4.52. The van der Waals surface area contributed by atoms with Gasteiger partial charge in [0.05, 0.1) is 5.41 Å². The molecule has 0 radical (unpaired) electrons. The van der Waals surface area contributed by atoms with E-state index < -0.39 is 5.97 Å². The van der Waals surface area contributed by atoms with Crippen molar-refractivity contribution in [3.8, 4) is 0 Å². The van der Waals surface area contributed by atoms with E-state index in [-0.39, 0.29) is 5.41 Å². The standard InChI is InChI=1S/C11H18O2/c1-8-7-10(2)3-5-11(8,6-4-10)9(12)13/h8H,3-7H2,1-2H3,(H,12,13). The molecule has 1 atom stereocenters. The molecule has 0 aromatic rings. The molecular weight excluding hydrogens is 164 g/mol. The number of fused-ring (bicyclic) bond motifs is 3. The molecule has 0 heterocycles. The van der Waals surface area contributed by atoms with Crippen molar-refractivity contribution in [2.24, 2.45) is 16.7 Å². The van der Waals surface area contributed by atoms with Gasteiger partial charge in [0, 0.05) is 0 Å². The Balaban J connectivity index is 2.29. The Bertz CT molecular complexity index is 236. The van der Waals surface area contributed by atoms with Crippen LogP contribution in [0.3, 0.4) is 0 Å². The Labute approximate surface area is 79.3 Å². The second-order valence-corrected chi connectivity index (χ2v) is 5.38. The van der Waals surface area contributed by atoms with Crippen molar-refractivity contribution < 1.29 is 9.90 Å². The SMILES string of the molecule is CC1CC2(C)CCC1(C(=O)O)CC2. The average Bonchev–Trinajstić information content (AvgIpc) is 2.03. The van der Waals surface area contributed by atoms with Crippen LogP contribution in [0.15, 0.2) is 0 Å². The molecule has 2 nitrogen and oxygen atoms in total. The molecule has 0 amide bonds. The predicted octanol–water partition coefficient (Wildman–Crippen LogP) is 2.68. The number of hydrogen-bond donors (Lipinski definition) is 1. The highest BCUT2D eigenvalue weighted by molar-refractivity contribution is 5.75. The summed E-state index contributed by atoms with van der Waals surface area (Å²) in [5.74, 6) is -0.181. The van der Waals surface area contributed by atoms with Gasteiger partial charge >= 0.3 is 5.97 Å². The first kappa shape index (κ1) is 9.04. The van der Waals surface area contributed by atoms with Crippen LogP contribution in [0.1, 0.15) is 46.0 Å². The summed E-state index contributed by atoms with van der Waals surface area (Å²) >= 11 is 0. The van der Waals surface area contributed by atoms with Crippen LogP contribution >= 0.6 is 0 Å². The van der Waals surface area contributed by atoms with Crippen LogP contribution in [0.4, 0.5) is 0 Å². The number of rotatable bonds is 1. The molecule has 0 aromatic carbocycles. The lowest BCUT2D eigenvalue weighted by Gasteiger charge is -2.53. The summed E-state index contributed by atoms with van der Waals surface area (Å²) in [5.41, 5.74) is 0.0916. The first-order valence-corrected chi connectivity index (χ1v) is 5.22. The third-order valence-electron chi connectivity index (χ3n) is 4.52. The summed E-state index contributed by atoms with van der Waals surface area (Å²) in [4.78, 5) is 11.2. The lowest BCUT2D eigenvalue weighted by molar-refractivity contribution is -0.165. The van der Waals surface area contributed by atoms with E-state index in [1.54, 1.807) is 0 Å². The zero-order valence-electron chi connectivity index (χ0n) is 8.47. The van der Waals surface area contributed by atoms with Gasteiger partial charge in [0.25, 0.3) is 0 Å². The summed E-state index contributed by atoms with van der Waals surface area (Å²) in [6.45, 7) is 4.43. The van der Waals surface area contributed by atoms with Crippen LogP contribution in [-0.4, -0.2) is 11.1 Å². The zero-order valence-corrected chi connectivity index (χ0v) is 8.47. The normalized spacial score (nSPS) is 49.2. The van der Waals surface area contributed by atoms with Gasteiger partial charge in [-0.05, 0) is 43.4 Å². The van der Waals surface area contributed by atoms with Gasteiger partial charge in [0.15, 0.2) is 0 Å². The highest BCUT2D eigenvalue weighted by Crippen LogP contribution is 2.59. The molecule has 0 aromatic heterocycles. The van der Waals surface area contributed by atoms with Crippen LogP contribution in [0.25, 0.3) is 0 Å². The van der Waals surface area contributed by atoms with Gasteiger partial charge in [-0.2, -0.15) is 0 Å². The van der Waals surface area contributed by atoms with Crippen molar-refractivity contribution in [3.63, 3.8) is 0 Å². The van der Waals surface area contributed by atoms with E-state index in [4.69, 9.17) is 0 Å². The van der Waals surface area contributed by atoms with Crippen molar-refractivity contribution in [2.75, 3.05) is 0 Å². The van der Waals surface area contributed by atoms with Crippen LogP contribution in [-0.2, 0) is 4.79 Å². The average molecular weight is 182 g/mol. The molecule has 1 N–H and O–H groups in total. The van der Waals surface area contributed by atoms with Crippen molar-refractivity contribution in [1.29, 1.82) is 0 Å². The Kier molecular flexibility index (Phi) is 1.73. The minimum atomic E-state index is -0.554. The van der Waals surface area contributed by atoms with E-state index in [0.29, 0.717) is 11.3 Å². The molecule has 3 saturated carbocycles. The predicted molar refractivity (Wildman–Crippen MR) is 50.4 cm³/mol. The lowest BCUT2D eigenvalue weighted by Crippen LogP contribution is -2.50. The van der Waals surface area contributed by atoms with Gasteiger partial charge in [-0.1, -0.05) is 13.8 Å². The highest BCUT2D eigenvalue weighted by atomic mass is 16.4. The largest absolute Gasteiger partial charge is 0.481 e. The summed E-state index contributed by atoms with van der Waals surface area (Å²) in [5, 5.41) is 9.27. The van der Waals surface area contributed by atoms with E-state index in [1.165, 1.54) is 0 Å². The first-order chi connectivity index (χ1) is 5.99. The minimum absolute atomic E-state index is 0.363. The molecule has 2 heteroatoms. The van der Waals surface area contributed by atoms with Crippen LogP contribution in [0, 0.1) is 16.7 Å². The van der Waals surface area contributed by atoms with Crippen molar-refractivity contribution >= 4 is 5.97 Å². The van der Waals surface area contributed by atoms with Crippen LogP contribution in [0.2, 0.25) is 0 Å². The van der Waals surface area contributed by atoms with Gasteiger partial charge in [-0.25, -0.2) is 0 Å². The van der Waals surface area contributed by atoms with E-state index in [2.05, 4.69) is 13.8 Å². The lowest BCUT2D eigenvalue weighted by atomic mass is 9.50. The number of carboxylic acid groups (broad SMARTS) is 1. The highest BCUT2D eigenvalue weighted by Gasteiger charge is 2.54. The molecule has 0 saturated heterocycles. The molecule has 3 rings (SSSR count). The Morgan fingerprint density at radius 3 is 2.23 bits per heavy atom. The van der Waals surface area contributed by atoms with E-state index in [0.717, 1.165) is 32.1 Å². The summed E-state index contributed by atoms with van der Waals surface area (Å²) in [6, 6.07) is 0. The minimum Gasteiger partial charge on any atom is -0.481 e. The second kappa shape index (κ2) is 2.49. The van der Waals surface area contributed by atoms with Crippen molar-refractivity contribution in [2.45, 2.75) is 46.0 Å². The third kappa shape index (κ3) is 1.11. The smallest absolute Gasteiger partial charge is 0.309 e. The molecule has 74 valence electrons. The molecule has 13 heavy (non-hydrogen) atoms. The van der Waals surface area contributed by atoms with Crippen molar-refractivity contribution in [1.82, 2.24) is 0 Å². The molecule has 2 bridgehead atoms. The van der Waals surface area contributed by atoms with Crippen molar-refractivity contribution in [3.05, 3.63) is 0 Å². The monoisotopic (exact) mass is 182 g/mol. The quantitative estimate of drug-likeness (QED) is 0.677. The molecule has 3 aliphatic carbocycles. The fraction of sp³-hybridized carbons (Fsp3) is 0.909. The molecule has 1 unspecified atom stereocenters. The number of carbonyl (C=O) groups is 1. The molecule has 3 aliphatic rings. The van der Waals surface area contributed by atoms with E-state index in [1.807, 2.05) is 0 Å². The Hall–Kier alpha value is -0.530. The van der Waals surface area contributed by atoms with E-state index in [9.17, 15) is 9.90 Å². The molecule has 0 spiro atoms. The number of hydrogen-bond acceptors (Lipinski definition) is 1. The van der Waals surface area contributed by atoms with Gasteiger partial charge in [0.1, 0.15) is 0 Å². The van der Waals surface area contributed by atoms with Gasteiger partial charge in [-0.15, -0.1) is 0 Å². The van der Waals surface area contributed by atoms with Gasteiger partial charge in [-0.3, -0.25) is 4.79 Å². The van der Waals surface area contributed by atoms with Gasteiger partial charge in [0.2, 0.25) is 0 Å². The van der Waals surface area contributed by atoms with Crippen LogP contribution < -0.4 is 0 Å². The fourth-order valence-corrected chi connectivity index (χ4v) is 3.36. The summed E-state index contributed by atoms with van der Waals surface area (Å²) in [6.07, 6.45) is 5.15. The maximum atomic E-state index is 11.2. The molecule has 3 fully saturated rings. The summed E-state index contributed by atoms with van der Waals surface area (Å²) < 4.78 is 0. The van der Waals surface area contributed by atoms with Gasteiger partial charge < -0.3 is 5.11 Å². The van der Waals surface area contributed by atoms with Crippen LogP contribution in [0.5, 0.6) is 0 Å². The fourth-order valence-electron chi connectivity index (χ4n) is 3.36. The number of aliphatic carboxylic acids is 1. The molecular formula is C11H18O2. The first-order valence-electron chi connectivity index (χ1n) is 5.22. The topological polar surface area (TPSA) is 37.3 Å². The maximum Gasteiger partial charge on any atom is 0.309 e. The molecule has 0 aliphatic heterocycles. The summed E-state index contributed by atoms with van der Waals surface area (Å²) in [7, 11) is 0. The number of carboxylic acids is 1. The zero-order chi connectivity index (χ0) is 9.69. The Morgan fingerprint density at radius 1 is 1.31 bits per heavy atom.